The molecule has 7 nitrogen and oxygen atoms in total. The predicted molar refractivity (Wildman–Crippen MR) is 118 cm³/mol. The van der Waals surface area contributed by atoms with Gasteiger partial charge in [0.1, 0.15) is 5.02 Å². The topological polar surface area (TPSA) is 74.6 Å². The monoisotopic (exact) mass is 469 g/mol. The molecule has 10 heteroatoms. The van der Waals surface area contributed by atoms with Crippen molar-refractivity contribution in [3.05, 3.63) is 67.5 Å². The van der Waals surface area contributed by atoms with E-state index in [4.69, 9.17) is 49.0 Å². The number of nitrogens with one attached hydrogen (secondary N) is 1. The van der Waals surface area contributed by atoms with Gasteiger partial charge in [0.25, 0.3) is 5.56 Å². The first-order chi connectivity index (χ1) is 14.4. The normalized spacial score (nSPS) is 10.6. The number of benzene rings is 2. The molecular weight excluding hydrogens is 453 g/mol. The predicted octanol–water partition coefficient (Wildman–Crippen LogP) is 4.83. The van der Waals surface area contributed by atoms with Crippen LogP contribution in [-0.2, 0) is 6.54 Å². The van der Waals surface area contributed by atoms with Crippen LogP contribution in [0.3, 0.4) is 0 Å². The van der Waals surface area contributed by atoms with Crippen molar-refractivity contribution < 1.29 is 14.2 Å². The van der Waals surface area contributed by atoms with Crippen molar-refractivity contribution in [1.82, 2.24) is 9.78 Å². The molecule has 3 aromatic rings. The standard InChI is InChI=1S/C20H18Cl3N3O4/c1-28-16-7-4-11(18(29-2)19(16)30-3)9-24-15-6-5-12(8-13(15)21)26-20(27)17(23)14(22)10-25-26/h4-8,10,24H,9H2,1-3H3. The van der Waals surface area contributed by atoms with Crippen LogP contribution in [0.25, 0.3) is 5.69 Å². The second-order valence-corrected chi connectivity index (χ2v) is 7.23. The molecule has 0 amide bonds. The van der Waals surface area contributed by atoms with Crippen molar-refractivity contribution in [2.24, 2.45) is 0 Å². The van der Waals surface area contributed by atoms with Gasteiger partial charge in [-0.1, -0.05) is 34.8 Å². The highest BCUT2D eigenvalue weighted by Crippen LogP contribution is 2.40. The SMILES string of the molecule is COc1ccc(CNc2ccc(-n3ncc(Cl)c(Cl)c3=O)cc2Cl)c(OC)c1OC. The van der Waals surface area contributed by atoms with Gasteiger partial charge >= 0.3 is 0 Å². The third-order valence-electron chi connectivity index (χ3n) is 4.33. The first-order valence-corrected chi connectivity index (χ1v) is 9.79. The van der Waals surface area contributed by atoms with Crippen LogP contribution in [0.5, 0.6) is 17.2 Å². The van der Waals surface area contributed by atoms with Crippen LogP contribution >= 0.6 is 34.8 Å². The van der Waals surface area contributed by atoms with E-state index in [0.29, 0.717) is 40.2 Å². The fourth-order valence-electron chi connectivity index (χ4n) is 2.87. The van der Waals surface area contributed by atoms with E-state index in [1.807, 2.05) is 6.07 Å². The van der Waals surface area contributed by atoms with Crippen molar-refractivity contribution in [3.8, 4) is 22.9 Å². The molecule has 2 aromatic carbocycles. The summed E-state index contributed by atoms with van der Waals surface area (Å²) in [7, 11) is 4.67. The quantitative estimate of drug-likeness (QED) is 0.533. The molecule has 0 saturated heterocycles. The number of hydrogen-bond donors (Lipinski definition) is 1. The third-order valence-corrected chi connectivity index (χ3v) is 5.39. The summed E-state index contributed by atoms with van der Waals surface area (Å²) in [6, 6.07) is 8.70. The molecular formula is C20H18Cl3N3O4. The zero-order valence-electron chi connectivity index (χ0n) is 16.3. The van der Waals surface area contributed by atoms with Crippen molar-refractivity contribution in [2.45, 2.75) is 6.54 Å². The van der Waals surface area contributed by atoms with Crippen LogP contribution in [0.4, 0.5) is 5.69 Å². The zero-order chi connectivity index (χ0) is 21.8. The Morgan fingerprint density at radius 2 is 1.70 bits per heavy atom. The van der Waals surface area contributed by atoms with Crippen LogP contribution in [0.2, 0.25) is 15.1 Å². The molecule has 1 N–H and O–H groups in total. The van der Waals surface area contributed by atoms with Gasteiger partial charge in [0, 0.05) is 12.1 Å². The Bertz CT molecular complexity index is 1140. The van der Waals surface area contributed by atoms with E-state index in [1.165, 1.54) is 6.20 Å². The lowest BCUT2D eigenvalue weighted by Crippen LogP contribution is -2.21. The van der Waals surface area contributed by atoms with Gasteiger partial charge in [-0.25, -0.2) is 0 Å². The first-order valence-electron chi connectivity index (χ1n) is 8.66. The van der Waals surface area contributed by atoms with Crippen molar-refractivity contribution >= 4 is 40.5 Å². The van der Waals surface area contributed by atoms with Gasteiger partial charge in [-0.2, -0.15) is 9.78 Å². The molecule has 1 aromatic heterocycles. The Morgan fingerprint density at radius 1 is 0.967 bits per heavy atom. The minimum atomic E-state index is -0.531. The van der Waals surface area contributed by atoms with Gasteiger partial charge in [0.05, 0.1) is 48.9 Å². The van der Waals surface area contributed by atoms with Gasteiger partial charge in [-0.3, -0.25) is 4.79 Å². The van der Waals surface area contributed by atoms with Gasteiger partial charge < -0.3 is 19.5 Å². The highest BCUT2D eigenvalue weighted by molar-refractivity contribution is 6.41. The van der Waals surface area contributed by atoms with Gasteiger partial charge in [-0.05, 0) is 30.3 Å². The number of rotatable bonds is 7. The Balaban J connectivity index is 1.86. The van der Waals surface area contributed by atoms with Crippen molar-refractivity contribution in [1.29, 1.82) is 0 Å². The molecule has 0 fully saturated rings. The number of halogens is 3. The third kappa shape index (κ3) is 4.28. The van der Waals surface area contributed by atoms with Gasteiger partial charge in [0.2, 0.25) is 5.75 Å². The summed E-state index contributed by atoms with van der Waals surface area (Å²) in [6.45, 7) is 0.410. The van der Waals surface area contributed by atoms with Crippen LogP contribution in [-0.4, -0.2) is 31.1 Å². The summed E-state index contributed by atoms with van der Waals surface area (Å²) >= 11 is 18.1. The molecule has 158 valence electrons. The average Bonchev–Trinajstić information content (AvgIpc) is 2.75. The summed E-state index contributed by atoms with van der Waals surface area (Å²) in [5, 5.41) is 7.62. The number of aromatic nitrogens is 2. The molecule has 0 aliphatic heterocycles. The number of ether oxygens (including phenoxy) is 3. The highest BCUT2D eigenvalue weighted by atomic mass is 35.5. The van der Waals surface area contributed by atoms with E-state index in [1.54, 1.807) is 45.6 Å². The van der Waals surface area contributed by atoms with Crippen molar-refractivity contribution in [3.63, 3.8) is 0 Å². The summed E-state index contributed by atoms with van der Waals surface area (Å²) in [5.74, 6) is 1.63. The maximum Gasteiger partial charge on any atom is 0.291 e. The Hall–Kier alpha value is -2.61. The minimum absolute atomic E-state index is 0.0890. The number of methoxy groups -OCH3 is 3. The maximum absolute atomic E-state index is 12.3. The Labute approximate surface area is 188 Å². The fourth-order valence-corrected chi connectivity index (χ4v) is 3.36. The van der Waals surface area contributed by atoms with E-state index in [9.17, 15) is 4.79 Å². The highest BCUT2D eigenvalue weighted by Gasteiger charge is 2.16. The smallest absolute Gasteiger partial charge is 0.291 e. The molecule has 1 heterocycles. The van der Waals surface area contributed by atoms with Crippen LogP contribution < -0.4 is 25.1 Å². The first kappa shape index (κ1) is 22.1. The van der Waals surface area contributed by atoms with Gasteiger partial charge in [-0.15, -0.1) is 0 Å². The Morgan fingerprint density at radius 3 is 2.33 bits per heavy atom. The number of nitrogens with zero attached hydrogens (tertiary/aromatic N) is 2. The average molecular weight is 471 g/mol. The van der Waals surface area contributed by atoms with Crippen LogP contribution in [0.15, 0.2) is 41.3 Å². The van der Waals surface area contributed by atoms with Crippen molar-refractivity contribution in [2.75, 3.05) is 26.6 Å². The molecule has 0 unspecified atom stereocenters. The molecule has 3 rings (SSSR count). The second-order valence-electron chi connectivity index (χ2n) is 6.03. The van der Waals surface area contributed by atoms with E-state index in [0.717, 1.165) is 10.2 Å². The lowest BCUT2D eigenvalue weighted by molar-refractivity contribution is 0.322. The minimum Gasteiger partial charge on any atom is -0.493 e. The molecule has 30 heavy (non-hydrogen) atoms. The van der Waals surface area contributed by atoms with Gasteiger partial charge in [0.15, 0.2) is 11.5 Å². The maximum atomic E-state index is 12.3. The largest absolute Gasteiger partial charge is 0.493 e. The number of hydrogen-bond acceptors (Lipinski definition) is 6. The molecule has 0 aliphatic rings. The zero-order valence-corrected chi connectivity index (χ0v) is 18.6. The summed E-state index contributed by atoms with van der Waals surface area (Å²) < 4.78 is 17.3. The second kappa shape index (κ2) is 9.47. The van der Waals surface area contributed by atoms with E-state index in [2.05, 4.69) is 10.4 Å². The molecule has 0 atom stereocenters. The number of anilines is 1. The van der Waals surface area contributed by atoms with Crippen LogP contribution in [0, 0.1) is 0 Å². The molecule has 0 aliphatic carbocycles. The summed E-state index contributed by atoms with van der Waals surface area (Å²) in [6.07, 6.45) is 1.30. The summed E-state index contributed by atoms with van der Waals surface area (Å²) in [4.78, 5) is 12.3. The lowest BCUT2D eigenvalue weighted by Gasteiger charge is -2.17. The molecule has 0 spiro atoms. The Kier molecular flexibility index (Phi) is 6.97. The summed E-state index contributed by atoms with van der Waals surface area (Å²) in [5.41, 5.74) is 1.43. The lowest BCUT2D eigenvalue weighted by atomic mass is 10.1. The molecule has 0 bridgehead atoms. The van der Waals surface area contributed by atoms with Crippen LogP contribution in [0.1, 0.15) is 5.56 Å². The van der Waals surface area contributed by atoms with E-state index in [-0.39, 0.29) is 10.0 Å². The molecule has 0 saturated carbocycles. The van der Waals surface area contributed by atoms with E-state index >= 15 is 0 Å². The molecule has 0 radical (unpaired) electrons. The van der Waals surface area contributed by atoms with E-state index < -0.39 is 5.56 Å². The fraction of sp³-hybridized carbons (Fsp3) is 0.200.